The van der Waals surface area contributed by atoms with E-state index in [1.807, 2.05) is 30.5 Å². The second-order valence-electron chi connectivity index (χ2n) is 6.52. The van der Waals surface area contributed by atoms with Crippen LogP contribution in [0.15, 0.2) is 61.2 Å². The Morgan fingerprint density at radius 3 is 2.63 bits per heavy atom. The third-order valence-electron chi connectivity index (χ3n) is 4.39. The van der Waals surface area contributed by atoms with Crippen molar-refractivity contribution in [2.75, 3.05) is 5.32 Å². The summed E-state index contributed by atoms with van der Waals surface area (Å²) in [6.45, 7) is 4.29. The highest BCUT2D eigenvalue weighted by Gasteiger charge is 2.13. The highest BCUT2D eigenvalue weighted by atomic mass is 15.1. The van der Waals surface area contributed by atoms with Crippen molar-refractivity contribution in [1.29, 1.82) is 5.26 Å². The molecule has 0 saturated carbocycles. The first kappa shape index (κ1) is 16.7. The maximum absolute atomic E-state index is 8.91. The average molecular weight is 354 g/mol. The van der Waals surface area contributed by atoms with Crippen molar-refractivity contribution < 1.29 is 0 Å². The van der Waals surface area contributed by atoms with Crippen LogP contribution in [0.1, 0.15) is 25.5 Å². The third-order valence-corrected chi connectivity index (χ3v) is 4.39. The van der Waals surface area contributed by atoms with Gasteiger partial charge in [-0.2, -0.15) is 5.26 Å². The van der Waals surface area contributed by atoms with Crippen LogP contribution in [-0.2, 0) is 0 Å². The Labute approximate surface area is 157 Å². The monoisotopic (exact) mass is 354 g/mol. The number of nitriles is 1. The Morgan fingerprint density at radius 2 is 1.89 bits per heavy atom. The molecular formula is C21H18N6. The van der Waals surface area contributed by atoms with Crippen LogP contribution in [0.2, 0.25) is 0 Å². The van der Waals surface area contributed by atoms with Gasteiger partial charge in [-0.3, -0.25) is 4.98 Å². The summed E-state index contributed by atoms with van der Waals surface area (Å²) in [4.78, 5) is 13.3. The molecule has 0 fully saturated rings. The summed E-state index contributed by atoms with van der Waals surface area (Å²) in [5.74, 6) is 0.511. The van der Waals surface area contributed by atoms with Crippen LogP contribution in [-0.4, -0.2) is 19.5 Å². The van der Waals surface area contributed by atoms with E-state index in [1.54, 1.807) is 24.5 Å². The number of fused-ring (bicyclic) bond motifs is 1. The molecule has 0 spiro atoms. The summed E-state index contributed by atoms with van der Waals surface area (Å²) >= 11 is 0. The number of nitrogens with one attached hydrogen (secondary N) is 1. The molecule has 132 valence electrons. The molecule has 0 bridgehead atoms. The van der Waals surface area contributed by atoms with Crippen LogP contribution in [0.5, 0.6) is 0 Å². The predicted molar refractivity (Wildman–Crippen MR) is 106 cm³/mol. The number of benzene rings is 1. The van der Waals surface area contributed by atoms with Crippen molar-refractivity contribution in [3.8, 4) is 17.3 Å². The molecule has 27 heavy (non-hydrogen) atoms. The van der Waals surface area contributed by atoms with Crippen LogP contribution >= 0.6 is 0 Å². The molecule has 3 heterocycles. The Bertz CT molecular complexity index is 1140. The topological polar surface area (TPSA) is 79.4 Å². The van der Waals surface area contributed by atoms with Gasteiger partial charge in [0.15, 0.2) is 0 Å². The molecule has 6 nitrogen and oxygen atoms in total. The molecule has 0 aliphatic heterocycles. The van der Waals surface area contributed by atoms with E-state index in [2.05, 4.69) is 50.9 Å². The predicted octanol–water partition coefficient (Wildman–Crippen LogP) is 4.69. The first-order valence-corrected chi connectivity index (χ1v) is 8.71. The van der Waals surface area contributed by atoms with Crippen LogP contribution in [0, 0.1) is 11.3 Å². The summed E-state index contributed by atoms with van der Waals surface area (Å²) in [7, 11) is 0. The number of nitrogens with zero attached hydrogens (tertiary/aromatic N) is 5. The maximum atomic E-state index is 8.91. The molecule has 3 aromatic heterocycles. The molecule has 1 aromatic carbocycles. The van der Waals surface area contributed by atoms with Gasteiger partial charge >= 0.3 is 0 Å². The van der Waals surface area contributed by atoms with E-state index in [1.165, 1.54) is 0 Å². The molecule has 0 aliphatic rings. The van der Waals surface area contributed by atoms with Gasteiger partial charge in [0.05, 0.1) is 29.0 Å². The molecule has 4 rings (SSSR count). The lowest BCUT2D eigenvalue weighted by molar-refractivity contribution is 0.622. The highest BCUT2D eigenvalue weighted by Crippen LogP contribution is 2.31. The second-order valence-corrected chi connectivity index (χ2v) is 6.52. The van der Waals surface area contributed by atoms with Crippen LogP contribution in [0.25, 0.3) is 22.2 Å². The summed E-state index contributed by atoms with van der Waals surface area (Å²) in [5.41, 5.74) is 4.43. The van der Waals surface area contributed by atoms with Gasteiger partial charge in [-0.05, 0) is 50.2 Å². The summed E-state index contributed by atoms with van der Waals surface area (Å²) in [6, 6.07) is 13.5. The van der Waals surface area contributed by atoms with E-state index in [-0.39, 0.29) is 0 Å². The van der Waals surface area contributed by atoms with Crippen molar-refractivity contribution in [2.45, 2.75) is 19.9 Å². The van der Waals surface area contributed by atoms with Crippen molar-refractivity contribution >= 4 is 22.5 Å². The minimum Gasteiger partial charge on any atom is -0.343 e. The first-order valence-electron chi connectivity index (χ1n) is 8.71. The van der Waals surface area contributed by atoms with Crippen molar-refractivity contribution in [3.63, 3.8) is 0 Å². The number of anilines is 2. The zero-order chi connectivity index (χ0) is 18.8. The van der Waals surface area contributed by atoms with Gasteiger partial charge in [0.2, 0.25) is 5.95 Å². The first-order chi connectivity index (χ1) is 13.2. The fraction of sp³-hybridized carbons (Fsp3) is 0.143. The van der Waals surface area contributed by atoms with Gasteiger partial charge in [-0.1, -0.05) is 0 Å². The molecule has 0 radical (unpaired) electrons. The Morgan fingerprint density at radius 1 is 1.07 bits per heavy atom. The van der Waals surface area contributed by atoms with Crippen LogP contribution in [0.3, 0.4) is 0 Å². The molecule has 0 saturated heterocycles. The van der Waals surface area contributed by atoms with Gasteiger partial charge in [-0.15, -0.1) is 0 Å². The zero-order valence-electron chi connectivity index (χ0n) is 15.1. The van der Waals surface area contributed by atoms with Crippen molar-refractivity contribution in [3.05, 3.63) is 66.7 Å². The minimum atomic E-state index is 0.323. The quantitative estimate of drug-likeness (QED) is 0.575. The molecule has 0 unspecified atom stereocenters. The van der Waals surface area contributed by atoms with Crippen LogP contribution in [0.4, 0.5) is 11.6 Å². The molecule has 0 amide bonds. The molecule has 0 aliphatic carbocycles. The minimum absolute atomic E-state index is 0.323. The molecular weight excluding hydrogens is 336 g/mol. The number of aromatic nitrogens is 4. The number of hydrogen-bond acceptors (Lipinski definition) is 5. The Balaban J connectivity index is 1.72. The lowest BCUT2D eigenvalue weighted by atomic mass is 10.1. The summed E-state index contributed by atoms with van der Waals surface area (Å²) in [5, 5.41) is 13.2. The molecule has 4 aromatic rings. The van der Waals surface area contributed by atoms with Gasteiger partial charge in [0, 0.05) is 41.3 Å². The maximum Gasteiger partial charge on any atom is 0.227 e. The van der Waals surface area contributed by atoms with E-state index >= 15 is 0 Å². The van der Waals surface area contributed by atoms with Gasteiger partial charge < -0.3 is 9.88 Å². The molecule has 6 heteroatoms. The smallest absolute Gasteiger partial charge is 0.227 e. The third kappa shape index (κ3) is 3.23. The summed E-state index contributed by atoms with van der Waals surface area (Å²) < 4.78 is 2.20. The van der Waals surface area contributed by atoms with Crippen LogP contribution < -0.4 is 5.32 Å². The average Bonchev–Trinajstić information content (AvgIpc) is 3.09. The molecule has 0 atom stereocenters. The SMILES string of the molecule is CC(C)n1cc(-c2ccnc(Nc3ccc(C#N)cc3)n2)c2ccncc21. The highest BCUT2D eigenvalue weighted by molar-refractivity contribution is 5.94. The zero-order valence-corrected chi connectivity index (χ0v) is 15.1. The fourth-order valence-corrected chi connectivity index (χ4v) is 3.06. The largest absolute Gasteiger partial charge is 0.343 e. The fourth-order valence-electron chi connectivity index (χ4n) is 3.06. The normalized spacial score (nSPS) is 10.9. The van der Waals surface area contributed by atoms with Gasteiger partial charge in [-0.25, -0.2) is 9.97 Å². The lowest BCUT2D eigenvalue weighted by Gasteiger charge is -2.08. The van der Waals surface area contributed by atoms with Gasteiger partial charge in [0.25, 0.3) is 0 Å². The number of rotatable bonds is 4. The Hall–Kier alpha value is -3.72. The van der Waals surface area contributed by atoms with Crippen molar-refractivity contribution in [1.82, 2.24) is 19.5 Å². The van der Waals surface area contributed by atoms with E-state index in [4.69, 9.17) is 5.26 Å². The Kier molecular flexibility index (Phi) is 4.27. The summed E-state index contributed by atoms with van der Waals surface area (Å²) in [6.07, 6.45) is 7.54. The lowest BCUT2D eigenvalue weighted by Crippen LogP contribution is -1.98. The van der Waals surface area contributed by atoms with E-state index < -0.39 is 0 Å². The number of pyridine rings is 1. The van der Waals surface area contributed by atoms with Gasteiger partial charge in [0.1, 0.15) is 0 Å². The molecule has 1 N–H and O–H groups in total. The number of hydrogen-bond donors (Lipinski definition) is 1. The van der Waals surface area contributed by atoms with E-state index in [0.717, 1.165) is 27.8 Å². The standard InChI is InChI=1S/C21H18N6/c1-14(2)27-13-18(17-7-9-23-12-20(17)27)19-8-10-24-21(26-19)25-16-5-3-15(11-22)4-6-16/h3-10,12-14H,1-2H3,(H,24,25,26). The van der Waals surface area contributed by atoms with E-state index in [0.29, 0.717) is 17.6 Å². The van der Waals surface area contributed by atoms with E-state index in [9.17, 15) is 0 Å². The second kappa shape index (κ2) is 6.89. The van der Waals surface area contributed by atoms with Crippen molar-refractivity contribution in [2.24, 2.45) is 0 Å².